The van der Waals surface area contributed by atoms with Gasteiger partial charge >= 0.3 is 5.97 Å². The maximum Gasteiger partial charge on any atom is 0.333 e. The molecule has 2 unspecified atom stereocenters. The maximum atomic E-state index is 11.5. The smallest absolute Gasteiger partial charge is 0.333 e. The van der Waals surface area contributed by atoms with Gasteiger partial charge in [0, 0.05) is 5.57 Å². The largest absolute Gasteiger partial charge is 0.466 e. The quantitative estimate of drug-likeness (QED) is 0.595. The van der Waals surface area contributed by atoms with E-state index in [2.05, 4.69) is 6.08 Å². The van der Waals surface area contributed by atoms with Crippen molar-refractivity contribution in [3.8, 4) is 0 Å². The highest BCUT2D eigenvalue weighted by atomic mass is 16.5. The summed E-state index contributed by atoms with van der Waals surface area (Å²) in [5.74, 6) is 2.90. The van der Waals surface area contributed by atoms with E-state index in [0.29, 0.717) is 11.8 Å². The molecule has 0 saturated heterocycles. The average Bonchev–Trinajstić information content (AvgIpc) is 2.51. The van der Waals surface area contributed by atoms with E-state index in [1.165, 1.54) is 32.8 Å². The number of hydrogen-bond acceptors (Lipinski definition) is 2. The van der Waals surface area contributed by atoms with E-state index in [1.54, 1.807) is 0 Å². The van der Waals surface area contributed by atoms with Crippen LogP contribution in [0.15, 0.2) is 11.6 Å². The zero-order valence-electron chi connectivity index (χ0n) is 8.53. The van der Waals surface area contributed by atoms with Crippen LogP contribution in [0, 0.1) is 23.7 Å². The highest BCUT2D eigenvalue weighted by molar-refractivity contribution is 5.89. The van der Waals surface area contributed by atoms with Crippen molar-refractivity contribution in [3.63, 3.8) is 0 Å². The van der Waals surface area contributed by atoms with Crippen molar-refractivity contribution < 1.29 is 9.53 Å². The Morgan fingerprint density at radius 2 is 2.00 bits per heavy atom. The second kappa shape index (κ2) is 2.85. The second-order valence-electron chi connectivity index (χ2n) is 4.96. The van der Waals surface area contributed by atoms with Gasteiger partial charge in [0.05, 0.1) is 7.11 Å². The lowest BCUT2D eigenvalue weighted by Gasteiger charge is -2.40. The van der Waals surface area contributed by atoms with Crippen LogP contribution in [-0.2, 0) is 9.53 Å². The van der Waals surface area contributed by atoms with E-state index in [0.717, 1.165) is 17.4 Å². The van der Waals surface area contributed by atoms with E-state index < -0.39 is 0 Å². The van der Waals surface area contributed by atoms with Crippen molar-refractivity contribution in [1.29, 1.82) is 0 Å². The van der Waals surface area contributed by atoms with Gasteiger partial charge in [-0.05, 0) is 49.4 Å². The SMILES string of the molecule is COC(=O)C1=CC2C3CCC2CC1C3. The number of esters is 1. The summed E-state index contributed by atoms with van der Waals surface area (Å²) in [5.41, 5.74) is 0.979. The molecule has 2 heteroatoms. The molecule has 0 aliphatic heterocycles. The Morgan fingerprint density at radius 1 is 1.36 bits per heavy atom. The van der Waals surface area contributed by atoms with E-state index in [4.69, 9.17) is 4.74 Å². The van der Waals surface area contributed by atoms with Crippen molar-refractivity contribution >= 4 is 5.97 Å². The minimum atomic E-state index is -0.0844. The molecule has 0 radical (unpaired) electrons. The van der Waals surface area contributed by atoms with Crippen LogP contribution in [0.25, 0.3) is 0 Å². The Morgan fingerprint density at radius 3 is 2.50 bits per heavy atom. The first-order valence-corrected chi connectivity index (χ1v) is 5.59. The molecule has 2 fully saturated rings. The summed E-state index contributed by atoms with van der Waals surface area (Å²) in [6.07, 6.45) is 7.48. The molecule has 0 spiro atoms. The first kappa shape index (κ1) is 8.51. The van der Waals surface area contributed by atoms with Crippen LogP contribution in [0.4, 0.5) is 0 Å². The first-order chi connectivity index (χ1) is 6.79. The van der Waals surface area contributed by atoms with Crippen molar-refractivity contribution in [2.45, 2.75) is 25.7 Å². The summed E-state index contributed by atoms with van der Waals surface area (Å²) in [6.45, 7) is 0. The Labute approximate surface area is 84.3 Å². The van der Waals surface area contributed by atoms with Crippen LogP contribution in [0.2, 0.25) is 0 Å². The van der Waals surface area contributed by atoms with Crippen molar-refractivity contribution in [3.05, 3.63) is 11.6 Å². The standard InChI is InChI=1S/C12H16O2/c1-14-12(13)11-6-10-7-2-3-8(10)5-9(11)4-7/h6-10H,2-5H2,1H3. The van der Waals surface area contributed by atoms with E-state index in [1.807, 2.05) is 0 Å². The lowest BCUT2D eigenvalue weighted by atomic mass is 9.65. The van der Waals surface area contributed by atoms with Gasteiger partial charge in [-0.3, -0.25) is 0 Å². The molecule has 0 aromatic heterocycles. The Hall–Kier alpha value is -0.790. The monoisotopic (exact) mass is 192 g/mol. The van der Waals surface area contributed by atoms with E-state index >= 15 is 0 Å². The second-order valence-corrected chi connectivity index (χ2v) is 4.96. The molecule has 0 amide bonds. The number of carbonyl (C=O) groups excluding carboxylic acids is 1. The zero-order chi connectivity index (χ0) is 9.71. The fourth-order valence-electron chi connectivity index (χ4n) is 3.80. The van der Waals surface area contributed by atoms with Gasteiger partial charge in [0.15, 0.2) is 0 Å². The number of methoxy groups -OCH3 is 1. The third-order valence-corrected chi connectivity index (χ3v) is 4.40. The minimum Gasteiger partial charge on any atom is -0.466 e. The van der Waals surface area contributed by atoms with Crippen LogP contribution in [0.3, 0.4) is 0 Å². The van der Waals surface area contributed by atoms with Crippen LogP contribution in [0.5, 0.6) is 0 Å². The van der Waals surface area contributed by atoms with E-state index in [-0.39, 0.29) is 5.97 Å². The molecule has 14 heavy (non-hydrogen) atoms. The third kappa shape index (κ3) is 0.999. The predicted molar refractivity (Wildman–Crippen MR) is 52.5 cm³/mol. The molecule has 4 rings (SSSR count). The van der Waals surface area contributed by atoms with Gasteiger partial charge < -0.3 is 4.74 Å². The molecule has 4 aliphatic rings. The third-order valence-electron chi connectivity index (χ3n) is 4.40. The summed E-state index contributed by atoms with van der Waals surface area (Å²) in [7, 11) is 1.49. The lowest BCUT2D eigenvalue weighted by Crippen LogP contribution is -2.34. The molecule has 0 aromatic carbocycles. The molecule has 0 aromatic rings. The topological polar surface area (TPSA) is 26.3 Å². The van der Waals surface area contributed by atoms with Gasteiger partial charge in [-0.15, -0.1) is 0 Å². The molecule has 76 valence electrons. The van der Waals surface area contributed by atoms with Crippen molar-refractivity contribution in [2.75, 3.05) is 7.11 Å². The summed E-state index contributed by atoms with van der Waals surface area (Å²) in [4.78, 5) is 11.5. The molecule has 0 N–H and O–H groups in total. The van der Waals surface area contributed by atoms with Crippen LogP contribution in [0.1, 0.15) is 25.7 Å². The molecule has 2 atom stereocenters. The predicted octanol–water partition coefficient (Wildman–Crippen LogP) is 2.15. The Kier molecular flexibility index (Phi) is 1.73. The van der Waals surface area contributed by atoms with Crippen molar-refractivity contribution in [2.24, 2.45) is 23.7 Å². The normalized spacial score (nSPS) is 43.6. The number of rotatable bonds is 1. The first-order valence-electron chi connectivity index (χ1n) is 5.59. The molecule has 4 aliphatic carbocycles. The minimum absolute atomic E-state index is 0.0844. The fourth-order valence-corrected chi connectivity index (χ4v) is 3.80. The maximum absolute atomic E-state index is 11.5. The van der Waals surface area contributed by atoms with Crippen LogP contribution >= 0.6 is 0 Å². The van der Waals surface area contributed by atoms with Gasteiger partial charge in [-0.1, -0.05) is 6.08 Å². The molecule has 2 saturated carbocycles. The van der Waals surface area contributed by atoms with Gasteiger partial charge in [0.1, 0.15) is 0 Å². The summed E-state index contributed by atoms with van der Waals surface area (Å²) >= 11 is 0. The molecule has 4 bridgehead atoms. The summed E-state index contributed by atoms with van der Waals surface area (Å²) in [5, 5.41) is 0. The number of hydrogen-bond donors (Lipinski definition) is 0. The number of allylic oxidation sites excluding steroid dienone is 1. The fraction of sp³-hybridized carbons (Fsp3) is 0.750. The Balaban J connectivity index is 1.93. The number of ether oxygens (including phenoxy) is 1. The Bertz CT molecular complexity index is 291. The van der Waals surface area contributed by atoms with Crippen LogP contribution in [-0.4, -0.2) is 13.1 Å². The van der Waals surface area contributed by atoms with E-state index in [9.17, 15) is 4.79 Å². The average molecular weight is 192 g/mol. The van der Waals surface area contributed by atoms with Gasteiger partial charge in [0.25, 0.3) is 0 Å². The van der Waals surface area contributed by atoms with Gasteiger partial charge in [-0.25, -0.2) is 4.79 Å². The summed E-state index contributed by atoms with van der Waals surface area (Å²) < 4.78 is 4.83. The molecule has 2 nitrogen and oxygen atoms in total. The van der Waals surface area contributed by atoms with Gasteiger partial charge in [-0.2, -0.15) is 0 Å². The molecular weight excluding hydrogens is 176 g/mol. The van der Waals surface area contributed by atoms with Gasteiger partial charge in [0.2, 0.25) is 0 Å². The molecule has 0 heterocycles. The van der Waals surface area contributed by atoms with Crippen LogP contribution < -0.4 is 0 Å². The summed E-state index contributed by atoms with van der Waals surface area (Å²) in [6, 6.07) is 0. The number of carbonyl (C=O) groups is 1. The lowest BCUT2D eigenvalue weighted by molar-refractivity contribution is -0.137. The molecular formula is C12H16O2. The highest BCUT2D eigenvalue weighted by Crippen LogP contribution is 2.55. The van der Waals surface area contributed by atoms with Crippen molar-refractivity contribution in [1.82, 2.24) is 0 Å². The zero-order valence-corrected chi connectivity index (χ0v) is 8.53. The highest BCUT2D eigenvalue weighted by Gasteiger charge is 2.47.